The van der Waals surface area contributed by atoms with Crippen LogP contribution in [0, 0.1) is 0 Å². The Morgan fingerprint density at radius 2 is 1.77 bits per heavy atom. The molecule has 0 atom stereocenters. The monoisotopic (exact) mass is 450 g/mol. The van der Waals surface area contributed by atoms with Crippen LogP contribution in [0.3, 0.4) is 0 Å². The zero-order valence-corrected chi connectivity index (χ0v) is 18.8. The smallest absolute Gasteiger partial charge is 0.264 e. The highest BCUT2D eigenvalue weighted by Gasteiger charge is 2.32. The van der Waals surface area contributed by atoms with Crippen LogP contribution in [0.2, 0.25) is 5.02 Å². The first-order valence-electron chi connectivity index (χ1n) is 10.0. The first-order chi connectivity index (χ1) is 14.3. The lowest BCUT2D eigenvalue weighted by Crippen LogP contribution is -2.46. The Bertz CT molecular complexity index is 976. The Morgan fingerprint density at radius 1 is 1.10 bits per heavy atom. The molecule has 1 amide bonds. The van der Waals surface area contributed by atoms with Gasteiger partial charge >= 0.3 is 0 Å². The van der Waals surface area contributed by atoms with E-state index in [1.54, 1.807) is 42.3 Å². The van der Waals surface area contributed by atoms with Crippen LogP contribution in [-0.4, -0.2) is 46.0 Å². The molecule has 8 heteroatoms. The predicted octanol–water partition coefficient (Wildman–Crippen LogP) is 4.34. The Morgan fingerprint density at radius 3 is 2.40 bits per heavy atom. The maximum atomic E-state index is 13.5. The molecule has 6 nitrogen and oxygen atoms in total. The average Bonchev–Trinajstić information content (AvgIpc) is 2.77. The number of likely N-dealkylation sites (N-methyl/N-ethyl adjacent to an activating group) is 1. The fourth-order valence-electron chi connectivity index (χ4n) is 3.78. The Hall–Kier alpha value is -2.25. The molecule has 0 N–H and O–H groups in total. The van der Waals surface area contributed by atoms with E-state index in [1.165, 1.54) is 31.7 Å². The van der Waals surface area contributed by atoms with Crippen molar-refractivity contribution in [3.63, 3.8) is 0 Å². The van der Waals surface area contributed by atoms with E-state index in [0.29, 0.717) is 10.8 Å². The van der Waals surface area contributed by atoms with Gasteiger partial charge in [-0.1, -0.05) is 49.1 Å². The van der Waals surface area contributed by atoms with Crippen molar-refractivity contribution in [1.82, 2.24) is 4.90 Å². The van der Waals surface area contributed by atoms with Crippen LogP contribution < -0.4 is 9.04 Å². The Kier molecular flexibility index (Phi) is 7.26. The summed E-state index contributed by atoms with van der Waals surface area (Å²) in [6.45, 7) is -0.332. The molecule has 0 unspecified atom stereocenters. The van der Waals surface area contributed by atoms with E-state index in [4.69, 9.17) is 16.3 Å². The molecule has 0 radical (unpaired) electrons. The molecule has 3 rings (SSSR count). The molecule has 30 heavy (non-hydrogen) atoms. The molecule has 162 valence electrons. The Balaban J connectivity index is 2.00. The van der Waals surface area contributed by atoms with Crippen LogP contribution >= 0.6 is 11.6 Å². The van der Waals surface area contributed by atoms with Crippen LogP contribution in [0.1, 0.15) is 32.1 Å². The molecular formula is C22H27ClN2O4S. The number of carbonyl (C=O) groups is 1. The van der Waals surface area contributed by atoms with E-state index in [1.807, 2.05) is 0 Å². The normalized spacial score (nSPS) is 14.9. The van der Waals surface area contributed by atoms with Crippen molar-refractivity contribution in [3.05, 3.63) is 53.6 Å². The number of anilines is 1. The summed E-state index contributed by atoms with van der Waals surface area (Å²) < 4.78 is 33.5. The standard InChI is InChI=1S/C22H27ClN2O4S/c1-24(18-9-5-3-6-10-18)22(26)16-25(20-15-17(23)13-14-21(20)29-2)30(27,28)19-11-7-4-8-12-19/h4,7-8,11-15,18H,3,5-6,9-10,16H2,1-2H3. The van der Waals surface area contributed by atoms with Gasteiger partial charge in [0, 0.05) is 18.1 Å². The van der Waals surface area contributed by atoms with Gasteiger partial charge in [-0.15, -0.1) is 0 Å². The molecule has 0 aromatic heterocycles. The molecule has 1 aliphatic rings. The number of halogens is 1. The van der Waals surface area contributed by atoms with Gasteiger partial charge < -0.3 is 9.64 Å². The molecule has 2 aromatic carbocycles. The number of hydrogen-bond donors (Lipinski definition) is 0. The van der Waals surface area contributed by atoms with Crippen molar-refractivity contribution in [1.29, 1.82) is 0 Å². The topological polar surface area (TPSA) is 66.9 Å². The number of amides is 1. The van der Waals surface area contributed by atoms with Gasteiger partial charge in [0.25, 0.3) is 10.0 Å². The van der Waals surface area contributed by atoms with Gasteiger partial charge in [-0.3, -0.25) is 9.10 Å². The van der Waals surface area contributed by atoms with Gasteiger partial charge in [0.15, 0.2) is 0 Å². The number of hydrogen-bond acceptors (Lipinski definition) is 4. The van der Waals surface area contributed by atoms with Gasteiger partial charge in [-0.05, 0) is 43.2 Å². The third kappa shape index (κ3) is 4.90. The Labute approximate surface area is 183 Å². The molecule has 0 saturated heterocycles. The fraction of sp³-hybridized carbons (Fsp3) is 0.409. The second-order valence-corrected chi connectivity index (χ2v) is 9.74. The van der Waals surface area contributed by atoms with Crippen molar-refractivity contribution in [2.24, 2.45) is 0 Å². The SMILES string of the molecule is COc1ccc(Cl)cc1N(CC(=O)N(C)C1CCCCC1)S(=O)(=O)c1ccccc1. The molecule has 1 aliphatic carbocycles. The predicted molar refractivity (Wildman–Crippen MR) is 119 cm³/mol. The summed E-state index contributed by atoms with van der Waals surface area (Å²) in [4.78, 5) is 14.9. The highest BCUT2D eigenvalue weighted by atomic mass is 35.5. The van der Waals surface area contributed by atoms with Crippen LogP contribution in [0.15, 0.2) is 53.4 Å². The molecule has 1 saturated carbocycles. The summed E-state index contributed by atoms with van der Waals surface area (Å²) in [7, 11) is -0.810. The minimum Gasteiger partial charge on any atom is -0.495 e. The van der Waals surface area contributed by atoms with Gasteiger partial charge in [0.1, 0.15) is 12.3 Å². The van der Waals surface area contributed by atoms with E-state index in [9.17, 15) is 13.2 Å². The van der Waals surface area contributed by atoms with E-state index in [-0.39, 0.29) is 29.1 Å². The lowest BCUT2D eigenvalue weighted by Gasteiger charge is -2.33. The quantitative estimate of drug-likeness (QED) is 0.629. The highest BCUT2D eigenvalue weighted by Crippen LogP contribution is 2.35. The van der Waals surface area contributed by atoms with Crippen molar-refractivity contribution in [3.8, 4) is 5.75 Å². The van der Waals surface area contributed by atoms with Crippen molar-refractivity contribution >= 4 is 33.2 Å². The van der Waals surface area contributed by atoms with Crippen LogP contribution in [-0.2, 0) is 14.8 Å². The van der Waals surface area contributed by atoms with Crippen molar-refractivity contribution in [2.45, 2.75) is 43.0 Å². The largest absolute Gasteiger partial charge is 0.495 e. The number of benzene rings is 2. The minimum atomic E-state index is -4.02. The summed E-state index contributed by atoms with van der Waals surface area (Å²) in [6, 6.07) is 12.9. The summed E-state index contributed by atoms with van der Waals surface area (Å²) in [5.41, 5.74) is 0.235. The van der Waals surface area contributed by atoms with E-state index in [0.717, 1.165) is 30.0 Å². The van der Waals surface area contributed by atoms with E-state index < -0.39 is 10.0 Å². The first-order valence-corrected chi connectivity index (χ1v) is 11.8. The molecule has 0 heterocycles. The third-order valence-electron chi connectivity index (χ3n) is 5.54. The fourth-order valence-corrected chi connectivity index (χ4v) is 5.39. The molecular weight excluding hydrogens is 424 g/mol. The minimum absolute atomic E-state index is 0.0974. The highest BCUT2D eigenvalue weighted by molar-refractivity contribution is 7.92. The number of rotatable bonds is 7. The zero-order valence-electron chi connectivity index (χ0n) is 17.3. The second-order valence-electron chi connectivity index (χ2n) is 7.44. The number of ether oxygens (including phenoxy) is 1. The third-order valence-corrected chi connectivity index (χ3v) is 7.54. The number of sulfonamides is 1. The summed E-state index contributed by atoms with van der Waals surface area (Å²) in [5.74, 6) is 0.0652. The summed E-state index contributed by atoms with van der Waals surface area (Å²) in [6.07, 6.45) is 5.21. The summed E-state index contributed by atoms with van der Waals surface area (Å²) >= 11 is 6.16. The first kappa shape index (κ1) is 22.4. The number of nitrogens with zero attached hydrogens (tertiary/aromatic N) is 2. The molecule has 1 fully saturated rings. The maximum Gasteiger partial charge on any atom is 0.264 e. The number of methoxy groups -OCH3 is 1. The summed E-state index contributed by atoms with van der Waals surface area (Å²) in [5, 5.41) is 0.354. The molecule has 0 aliphatic heterocycles. The van der Waals surface area contributed by atoms with Crippen molar-refractivity contribution < 1.29 is 17.9 Å². The van der Waals surface area contributed by atoms with E-state index in [2.05, 4.69) is 0 Å². The molecule has 2 aromatic rings. The van der Waals surface area contributed by atoms with Crippen LogP contribution in [0.25, 0.3) is 0 Å². The average molecular weight is 451 g/mol. The van der Waals surface area contributed by atoms with Crippen molar-refractivity contribution in [2.75, 3.05) is 25.0 Å². The second kappa shape index (κ2) is 9.71. The van der Waals surface area contributed by atoms with Crippen LogP contribution in [0.4, 0.5) is 5.69 Å². The number of carbonyl (C=O) groups excluding carboxylic acids is 1. The van der Waals surface area contributed by atoms with Gasteiger partial charge in [0.2, 0.25) is 5.91 Å². The molecule has 0 bridgehead atoms. The van der Waals surface area contributed by atoms with Gasteiger partial charge in [-0.25, -0.2) is 8.42 Å². The van der Waals surface area contributed by atoms with Crippen LogP contribution in [0.5, 0.6) is 5.75 Å². The van der Waals surface area contributed by atoms with Gasteiger partial charge in [0.05, 0.1) is 17.7 Å². The van der Waals surface area contributed by atoms with E-state index >= 15 is 0 Å². The lowest BCUT2D eigenvalue weighted by atomic mass is 9.94. The van der Waals surface area contributed by atoms with Gasteiger partial charge in [-0.2, -0.15) is 0 Å². The maximum absolute atomic E-state index is 13.5. The lowest BCUT2D eigenvalue weighted by molar-refractivity contribution is -0.130. The zero-order chi connectivity index (χ0) is 21.7. The molecule has 0 spiro atoms.